The number of anilines is 1. The maximum atomic E-state index is 12.6. The van der Waals surface area contributed by atoms with E-state index < -0.39 is 18.2 Å². The Morgan fingerprint density at radius 2 is 1.73 bits per heavy atom. The normalized spacial score (nSPS) is 16.2. The van der Waals surface area contributed by atoms with Gasteiger partial charge in [0.1, 0.15) is 0 Å². The van der Waals surface area contributed by atoms with Gasteiger partial charge < -0.3 is 19.6 Å². The molecule has 1 aromatic heterocycles. The summed E-state index contributed by atoms with van der Waals surface area (Å²) in [7, 11) is 0. The molecule has 1 saturated heterocycles. The Kier molecular flexibility index (Phi) is 10.5. The Balaban J connectivity index is 1.63. The maximum absolute atomic E-state index is 12.6. The lowest BCUT2D eigenvalue weighted by Gasteiger charge is -2.35. The van der Waals surface area contributed by atoms with Crippen molar-refractivity contribution in [2.45, 2.75) is 77.4 Å². The second-order valence-corrected chi connectivity index (χ2v) is 7.89. The highest BCUT2D eigenvalue weighted by atomic mass is 16.5. The zero-order chi connectivity index (χ0) is 21.8. The number of piperazine rings is 1. The van der Waals surface area contributed by atoms with Crippen molar-refractivity contribution < 1.29 is 19.4 Å². The lowest BCUT2D eigenvalue weighted by molar-refractivity contribution is -0.159. The second-order valence-electron chi connectivity index (χ2n) is 7.89. The number of ether oxygens (including phenoxy) is 1. The molecule has 2 rings (SSSR count). The fourth-order valence-electron chi connectivity index (χ4n) is 3.56. The third kappa shape index (κ3) is 8.26. The summed E-state index contributed by atoms with van der Waals surface area (Å²) in [6, 6.07) is 1.77. The summed E-state index contributed by atoms with van der Waals surface area (Å²) in [5.41, 5.74) is 0. The maximum Gasteiger partial charge on any atom is 0.306 e. The molecule has 2 heterocycles. The van der Waals surface area contributed by atoms with E-state index in [-0.39, 0.29) is 12.3 Å². The lowest BCUT2D eigenvalue weighted by Crippen LogP contribution is -2.52. The first kappa shape index (κ1) is 24.1. The van der Waals surface area contributed by atoms with E-state index >= 15 is 0 Å². The highest BCUT2D eigenvalue weighted by molar-refractivity contribution is 5.83. The first-order valence-corrected chi connectivity index (χ1v) is 11.2. The molecule has 1 amide bonds. The number of amides is 1. The summed E-state index contributed by atoms with van der Waals surface area (Å²) in [6.07, 6.45) is 9.02. The summed E-state index contributed by atoms with van der Waals surface area (Å²) >= 11 is 0. The minimum Gasteiger partial charge on any atom is -0.453 e. The van der Waals surface area contributed by atoms with Crippen molar-refractivity contribution in [1.82, 2.24) is 14.9 Å². The van der Waals surface area contributed by atoms with E-state index in [2.05, 4.69) is 16.9 Å². The van der Waals surface area contributed by atoms with Crippen LogP contribution in [0.15, 0.2) is 18.5 Å². The van der Waals surface area contributed by atoms with Crippen molar-refractivity contribution in [3.63, 3.8) is 0 Å². The SMILES string of the molecule is CCCCCCC[C@@H](O)CCC(=O)O[C@H](C)C(=O)N1CCN(c2ncccn2)CC1. The fourth-order valence-corrected chi connectivity index (χ4v) is 3.56. The summed E-state index contributed by atoms with van der Waals surface area (Å²) < 4.78 is 5.31. The number of unbranched alkanes of at least 4 members (excludes halogenated alkanes) is 4. The van der Waals surface area contributed by atoms with Gasteiger partial charge in [0, 0.05) is 45.0 Å². The Morgan fingerprint density at radius 3 is 2.40 bits per heavy atom. The van der Waals surface area contributed by atoms with Gasteiger partial charge in [0.25, 0.3) is 5.91 Å². The Morgan fingerprint density at radius 1 is 1.07 bits per heavy atom. The van der Waals surface area contributed by atoms with Gasteiger partial charge in [0.2, 0.25) is 5.95 Å². The molecule has 0 radical (unpaired) electrons. The van der Waals surface area contributed by atoms with Crippen LogP contribution in [0.2, 0.25) is 0 Å². The van der Waals surface area contributed by atoms with E-state index in [0.717, 1.165) is 12.8 Å². The number of rotatable bonds is 12. The molecule has 30 heavy (non-hydrogen) atoms. The van der Waals surface area contributed by atoms with Crippen LogP contribution >= 0.6 is 0 Å². The first-order chi connectivity index (χ1) is 14.5. The van der Waals surface area contributed by atoms with Gasteiger partial charge >= 0.3 is 5.97 Å². The average molecular weight is 421 g/mol. The van der Waals surface area contributed by atoms with E-state index in [9.17, 15) is 14.7 Å². The Labute approximate surface area is 179 Å². The third-order valence-corrected chi connectivity index (χ3v) is 5.40. The number of aliphatic hydroxyl groups is 1. The van der Waals surface area contributed by atoms with Gasteiger partial charge in [-0.3, -0.25) is 9.59 Å². The molecule has 0 aromatic carbocycles. The monoisotopic (exact) mass is 420 g/mol. The van der Waals surface area contributed by atoms with Crippen LogP contribution in [0.1, 0.15) is 65.2 Å². The zero-order valence-corrected chi connectivity index (χ0v) is 18.3. The van der Waals surface area contributed by atoms with Gasteiger partial charge in [-0.15, -0.1) is 0 Å². The molecule has 1 aromatic rings. The Bertz CT molecular complexity index is 635. The smallest absolute Gasteiger partial charge is 0.306 e. The molecule has 8 nitrogen and oxygen atoms in total. The van der Waals surface area contributed by atoms with Gasteiger partial charge in [-0.1, -0.05) is 39.0 Å². The van der Waals surface area contributed by atoms with Crippen LogP contribution in [0.25, 0.3) is 0 Å². The number of esters is 1. The van der Waals surface area contributed by atoms with Gasteiger partial charge in [0.05, 0.1) is 6.10 Å². The van der Waals surface area contributed by atoms with Crippen LogP contribution in [0, 0.1) is 0 Å². The number of hydrogen-bond donors (Lipinski definition) is 1. The average Bonchev–Trinajstić information content (AvgIpc) is 2.77. The molecule has 1 aliphatic heterocycles. The van der Waals surface area contributed by atoms with Crippen LogP contribution in [-0.2, 0) is 14.3 Å². The summed E-state index contributed by atoms with van der Waals surface area (Å²) in [4.78, 5) is 36.9. The molecule has 0 aliphatic carbocycles. The minimum atomic E-state index is -0.816. The van der Waals surface area contributed by atoms with Crippen LogP contribution in [0.3, 0.4) is 0 Å². The van der Waals surface area contributed by atoms with Gasteiger partial charge in [-0.2, -0.15) is 0 Å². The molecule has 2 atom stereocenters. The third-order valence-electron chi connectivity index (χ3n) is 5.40. The summed E-state index contributed by atoms with van der Waals surface area (Å²) in [6.45, 7) is 6.13. The molecule has 8 heteroatoms. The minimum absolute atomic E-state index is 0.132. The number of carbonyl (C=O) groups excluding carboxylic acids is 2. The first-order valence-electron chi connectivity index (χ1n) is 11.2. The highest BCUT2D eigenvalue weighted by Crippen LogP contribution is 2.13. The lowest BCUT2D eigenvalue weighted by atomic mass is 10.0. The largest absolute Gasteiger partial charge is 0.453 e. The van der Waals surface area contributed by atoms with Gasteiger partial charge in [-0.05, 0) is 25.8 Å². The van der Waals surface area contributed by atoms with Crippen LogP contribution in [0.4, 0.5) is 5.95 Å². The van der Waals surface area contributed by atoms with Crippen molar-refractivity contribution in [3.05, 3.63) is 18.5 Å². The van der Waals surface area contributed by atoms with E-state index in [0.29, 0.717) is 45.0 Å². The number of aromatic nitrogens is 2. The van der Waals surface area contributed by atoms with Crippen LogP contribution in [-0.4, -0.2) is 70.2 Å². The predicted octanol–water partition coefficient (Wildman–Crippen LogP) is 2.56. The van der Waals surface area contributed by atoms with Crippen LogP contribution < -0.4 is 4.90 Å². The highest BCUT2D eigenvalue weighted by Gasteiger charge is 2.27. The molecular formula is C22H36N4O4. The quantitative estimate of drug-likeness (QED) is 0.410. The molecule has 0 spiro atoms. The zero-order valence-electron chi connectivity index (χ0n) is 18.3. The van der Waals surface area contributed by atoms with Crippen molar-refractivity contribution >= 4 is 17.8 Å². The van der Waals surface area contributed by atoms with Crippen LogP contribution in [0.5, 0.6) is 0 Å². The molecule has 168 valence electrons. The number of hydrogen-bond acceptors (Lipinski definition) is 7. The number of aliphatic hydroxyl groups excluding tert-OH is 1. The Hall–Kier alpha value is -2.22. The summed E-state index contributed by atoms with van der Waals surface area (Å²) in [5.74, 6) is 0.0404. The molecular weight excluding hydrogens is 384 g/mol. The van der Waals surface area contributed by atoms with Crippen molar-refractivity contribution in [2.75, 3.05) is 31.1 Å². The van der Waals surface area contributed by atoms with E-state index in [1.165, 1.54) is 19.3 Å². The molecule has 0 saturated carbocycles. The molecule has 1 fully saturated rings. The number of nitrogens with zero attached hydrogens (tertiary/aromatic N) is 4. The van der Waals surface area contributed by atoms with E-state index in [1.54, 1.807) is 30.3 Å². The standard InChI is InChI=1S/C22H36N4O4/c1-3-4-5-6-7-9-19(27)10-11-20(28)30-18(2)21(29)25-14-16-26(17-15-25)22-23-12-8-13-24-22/h8,12-13,18-19,27H,3-7,9-11,14-17H2,1-2H3/t18-,19-/m1/s1. The molecule has 1 N–H and O–H groups in total. The number of carbonyl (C=O) groups is 2. The summed E-state index contributed by atoms with van der Waals surface area (Å²) in [5, 5.41) is 10.0. The van der Waals surface area contributed by atoms with Crippen molar-refractivity contribution in [3.8, 4) is 0 Å². The van der Waals surface area contributed by atoms with Gasteiger partial charge in [0.15, 0.2) is 6.10 Å². The van der Waals surface area contributed by atoms with E-state index in [4.69, 9.17) is 4.74 Å². The molecule has 1 aliphatic rings. The topological polar surface area (TPSA) is 95.9 Å². The second kappa shape index (κ2) is 13.2. The van der Waals surface area contributed by atoms with Crippen molar-refractivity contribution in [2.24, 2.45) is 0 Å². The van der Waals surface area contributed by atoms with E-state index in [1.807, 2.05) is 4.90 Å². The molecule has 0 bridgehead atoms. The predicted molar refractivity (Wildman–Crippen MR) is 115 cm³/mol. The van der Waals surface area contributed by atoms with Gasteiger partial charge in [-0.25, -0.2) is 9.97 Å². The van der Waals surface area contributed by atoms with Crippen molar-refractivity contribution in [1.29, 1.82) is 0 Å². The molecule has 0 unspecified atom stereocenters. The fraction of sp³-hybridized carbons (Fsp3) is 0.727.